The third kappa shape index (κ3) is 4.01. The zero-order valence-corrected chi connectivity index (χ0v) is 17.0. The Morgan fingerprint density at radius 3 is 2.70 bits per heavy atom. The maximum atomic E-state index is 13.3. The summed E-state index contributed by atoms with van der Waals surface area (Å²) in [6.45, 7) is 6.51. The summed E-state index contributed by atoms with van der Waals surface area (Å²) in [6.07, 6.45) is 0.854. The van der Waals surface area contributed by atoms with Gasteiger partial charge in [-0.25, -0.2) is 4.98 Å². The molecule has 0 N–H and O–H groups in total. The fourth-order valence-electron chi connectivity index (χ4n) is 3.07. The van der Waals surface area contributed by atoms with Gasteiger partial charge in [0.2, 0.25) is 0 Å². The Hall–Kier alpha value is -2.31. The van der Waals surface area contributed by atoms with E-state index >= 15 is 0 Å². The van der Waals surface area contributed by atoms with Gasteiger partial charge in [0.15, 0.2) is 0 Å². The number of hydrogen-bond acceptors (Lipinski definition) is 5. The van der Waals surface area contributed by atoms with Crippen molar-refractivity contribution in [3.05, 3.63) is 50.9 Å². The molecule has 0 saturated carbocycles. The summed E-state index contributed by atoms with van der Waals surface area (Å²) in [4.78, 5) is 30.2. The van der Waals surface area contributed by atoms with Crippen LogP contribution in [0.3, 0.4) is 0 Å². The van der Waals surface area contributed by atoms with Crippen molar-refractivity contribution in [1.82, 2.24) is 9.55 Å². The van der Waals surface area contributed by atoms with Gasteiger partial charge < -0.3 is 4.74 Å². The zero-order chi connectivity index (χ0) is 19.6. The summed E-state index contributed by atoms with van der Waals surface area (Å²) in [6, 6.07) is 6.22. The number of hydrogen-bond donors (Lipinski definition) is 0. The molecule has 0 aliphatic carbocycles. The van der Waals surface area contributed by atoms with Gasteiger partial charge in [-0.1, -0.05) is 18.2 Å². The lowest BCUT2D eigenvalue weighted by Gasteiger charge is -2.12. The van der Waals surface area contributed by atoms with Gasteiger partial charge in [0.1, 0.15) is 16.4 Å². The number of ether oxygens (including phenoxy) is 1. The number of aromatic nitrogens is 2. The number of aryl methyl sites for hydroxylation is 2. The number of rotatable bonds is 7. The number of carbonyl (C=O) groups is 1. The van der Waals surface area contributed by atoms with Crippen molar-refractivity contribution in [3.63, 3.8) is 0 Å². The fraction of sp³-hybridized carbons (Fsp3) is 0.381. The summed E-state index contributed by atoms with van der Waals surface area (Å²) in [7, 11) is 1.62. The van der Waals surface area contributed by atoms with Crippen molar-refractivity contribution >= 4 is 27.3 Å². The van der Waals surface area contributed by atoms with E-state index in [0.717, 1.165) is 16.0 Å². The van der Waals surface area contributed by atoms with Gasteiger partial charge >= 0.3 is 0 Å². The molecule has 0 aliphatic heterocycles. The van der Waals surface area contributed by atoms with Crippen LogP contribution in [-0.2, 0) is 22.5 Å². The van der Waals surface area contributed by atoms with Crippen LogP contribution >= 0.6 is 11.3 Å². The van der Waals surface area contributed by atoms with Crippen molar-refractivity contribution in [2.24, 2.45) is 0 Å². The van der Waals surface area contributed by atoms with E-state index in [2.05, 4.69) is 26.0 Å². The molecule has 142 valence electrons. The summed E-state index contributed by atoms with van der Waals surface area (Å²) in [5, 5.41) is 2.63. The molecular formula is C21H24N2O3S. The number of fused-ring (bicyclic) bond motifs is 1. The molecule has 3 aromatic rings. The lowest BCUT2D eigenvalue weighted by molar-refractivity contribution is -0.117. The predicted octanol–water partition coefficient (Wildman–Crippen LogP) is 3.91. The first-order chi connectivity index (χ1) is 12.9. The number of thiophene rings is 1. The smallest absolute Gasteiger partial charge is 0.262 e. The van der Waals surface area contributed by atoms with Crippen LogP contribution in [0.4, 0.5) is 0 Å². The Kier molecular flexibility index (Phi) is 5.87. The highest BCUT2D eigenvalue weighted by molar-refractivity contribution is 7.17. The zero-order valence-electron chi connectivity index (χ0n) is 16.2. The van der Waals surface area contributed by atoms with Crippen LogP contribution in [0.5, 0.6) is 0 Å². The second-order valence-electron chi connectivity index (χ2n) is 6.81. The number of Topliss-reactive ketones (excluding diaryl/α,β-unsaturated/α-hetero) is 1. The Balaban J connectivity index is 2.18. The summed E-state index contributed by atoms with van der Waals surface area (Å²) >= 11 is 1.48. The van der Waals surface area contributed by atoms with Gasteiger partial charge in [-0.2, -0.15) is 0 Å². The van der Waals surface area contributed by atoms with Gasteiger partial charge in [-0.15, -0.1) is 11.3 Å². The molecule has 0 spiro atoms. The first-order valence-electron chi connectivity index (χ1n) is 8.99. The molecule has 0 fully saturated rings. The first kappa shape index (κ1) is 19.5. The highest BCUT2D eigenvalue weighted by Crippen LogP contribution is 2.32. The van der Waals surface area contributed by atoms with Crippen LogP contribution in [0.1, 0.15) is 30.3 Å². The molecule has 27 heavy (non-hydrogen) atoms. The number of ketones is 1. The molecule has 2 heterocycles. The minimum atomic E-state index is -0.0816. The van der Waals surface area contributed by atoms with Crippen molar-refractivity contribution in [2.75, 3.05) is 13.7 Å². The average Bonchev–Trinajstić information content (AvgIpc) is 3.05. The van der Waals surface area contributed by atoms with E-state index in [1.807, 2.05) is 11.4 Å². The Labute approximate surface area is 162 Å². The number of carbonyl (C=O) groups excluding carboxylic acids is 1. The normalized spacial score (nSPS) is 11.3. The highest BCUT2D eigenvalue weighted by Gasteiger charge is 2.17. The van der Waals surface area contributed by atoms with Crippen LogP contribution in [-0.4, -0.2) is 29.1 Å². The molecule has 3 rings (SSSR count). The SMILES string of the molecule is COCCc1nc2scc(-c3ccc(C)c(C)c3)c2c(=O)n1CCC(C)=O. The second kappa shape index (κ2) is 8.15. The molecule has 0 bridgehead atoms. The average molecular weight is 385 g/mol. The van der Waals surface area contributed by atoms with Crippen LogP contribution in [0.25, 0.3) is 21.3 Å². The van der Waals surface area contributed by atoms with E-state index in [4.69, 9.17) is 9.72 Å². The predicted molar refractivity (Wildman–Crippen MR) is 110 cm³/mol. The molecule has 0 amide bonds. The van der Waals surface area contributed by atoms with Crippen LogP contribution < -0.4 is 5.56 Å². The molecular weight excluding hydrogens is 360 g/mol. The molecule has 0 unspecified atom stereocenters. The highest BCUT2D eigenvalue weighted by atomic mass is 32.1. The molecule has 1 aromatic carbocycles. The summed E-state index contributed by atoms with van der Waals surface area (Å²) in [5.41, 5.74) is 4.25. The minimum Gasteiger partial charge on any atom is -0.384 e. The van der Waals surface area contributed by atoms with Gasteiger partial charge in [0.25, 0.3) is 5.56 Å². The fourth-order valence-corrected chi connectivity index (χ4v) is 4.03. The maximum absolute atomic E-state index is 13.3. The van der Waals surface area contributed by atoms with Crippen molar-refractivity contribution in [1.29, 1.82) is 0 Å². The van der Waals surface area contributed by atoms with E-state index in [-0.39, 0.29) is 11.3 Å². The Bertz CT molecular complexity index is 1050. The molecule has 6 heteroatoms. The van der Waals surface area contributed by atoms with E-state index in [1.54, 1.807) is 11.7 Å². The Morgan fingerprint density at radius 1 is 1.26 bits per heavy atom. The van der Waals surface area contributed by atoms with Gasteiger partial charge in [0.05, 0.1) is 12.0 Å². The van der Waals surface area contributed by atoms with E-state index < -0.39 is 0 Å². The van der Waals surface area contributed by atoms with E-state index in [0.29, 0.717) is 37.2 Å². The van der Waals surface area contributed by atoms with Crippen LogP contribution in [0, 0.1) is 13.8 Å². The maximum Gasteiger partial charge on any atom is 0.262 e. The molecule has 0 aliphatic rings. The third-order valence-electron chi connectivity index (χ3n) is 4.81. The molecule has 2 aromatic heterocycles. The van der Waals surface area contributed by atoms with Crippen LogP contribution in [0.2, 0.25) is 0 Å². The molecule has 0 atom stereocenters. The third-order valence-corrected chi connectivity index (χ3v) is 5.68. The first-order valence-corrected chi connectivity index (χ1v) is 9.87. The topological polar surface area (TPSA) is 61.2 Å². The largest absolute Gasteiger partial charge is 0.384 e. The molecule has 5 nitrogen and oxygen atoms in total. The van der Waals surface area contributed by atoms with Crippen LogP contribution in [0.15, 0.2) is 28.4 Å². The monoisotopic (exact) mass is 384 g/mol. The van der Waals surface area contributed by atoms with Gasteiger partial charge in [-0.3, -0.25) is 14.2 Å². The number of benzene rings is 1. The standard InChI is InChI=1S/C21H24N2O3S/c1-13-5-6-16(11-14(13)2)17-12-27-20-19(17)21(25)23(9-7-15(3)24)18(22-20)8-10-26-4/h5-6,11-12H,7-10H2,1-4H3. The minimum absolute atomic E-state index is 0.0550. The second-order valence-corrected chi connectivity index (χ2v) is 7.67. The number of methoxy groups -OCH3 is 1. The van der Waals surface area contributed by atoms with Gasteiger partial charge in [0, 0.05) is 37.4 Å². The summed E-state index contributed by atoms with van der Waals surface area (Å²) < 4.78 is 6.80. The van der Waals surface area contributed by atoms with E-state index in [9.17, 15) is 9.59 Å². The quantitative estimate of drug-likeness (QED) is 0.620. The lowest BCUT2D eigenvalue weighted by Crippen LogP contribution is -2.26. The van der Waals surface area contributed by atoms with Crippen molar-refractivity contribution in [3.8, 4) is 11.1 Å². The summed E-state index contributed by atoms with van der Waals surface area (Å²) in [5.74, 6) is 0.725. The van der Waals surface area contributed by atoms with Crippen molar-refractivity contribution < 1.29 is 9.53 Å². The molecule has 0 radical (unpaired) electrons. The number of nitrogens with zero attached hydrogens (tertiary/aromatic N) is 2. The van der Waals surface area contributed by atoms with Gasteiger partial charge in [-0.05, 0) is 37.5 Å². The van der Waals surface area contributed by atoms with Crippen molar-refractivity contribution in [2.45, 2.75) is 40.2 Å². The molecule has 0 saturated heterocycles. The lowest BCUT2D eigenvalue weighted by atomic mass is 10.0. The van der Waals surface area contributed by atoms with E-state index in [1.165, 1.54) is 29.4 Å². The Morgan fingerprint density at radius 2 is 2.04 bits per heavy atom.